The van der Waals surface area contributed by atoms with Gasteiger partial charge in [-0.3, -0.25) is 14.2 Å². The van der Waals surface area contributed by atoms with E-state index in [-0.39, 0.29) is 11.7 Å². The van der Waals surface area contributed by atoms with E-state index in [0.717, 1.165) is 11.1 Å². The Balaban J connectivity index is 1.86. The Morgan fingerprint density at radius 1 is 1.11 bits per heavy atom. The lowest BCUT2D eigenvalue weighted by molar-refractivity contribution is -0.143. The molecule has 2 aromatic carbocycles. The average Bonchev–Trinajstić information content (AvgIpc) is 3.08. The largest absolute Gasteiger partial charge is 0.459 e. The van der Waals surface area contributed by atoms with E-state index in [9.17, 15) is 14.4 Å². The topological polar surface area (TPSA) is 87.0 Å². The van der Waals surface area contributed by atoms with Crippen LogP contribution >= 0.6 is 22.9 Å². The zero-order valence-electron chi connectivity index (χ0n) is 19.6. The van der Waals surface area contributed by atoms with Crippen molar-refractivity contribution >= 4 is 41.0 Å². The van der Waals surface area contributed by atoms with Crippen LogP contribution in [0, 0.1) is 0 Å². The van der Waals surface area contributed by atoms with Gasteiger partial charge in [-0.1, -0.05) is 47.2 Å². The third-order valence-electron chi connectivity index (χ3n) is 5.21. The Hall–Kier alpha value is -3.49. The number of esters is 2. The van der Waals surface area contributed by atoms with E-state index in [1.54, 1.807) is 75.4 Å². The first-order valence-electron chi connectivity index (χ1n) is 10.9. The summed E-state index contributed by atoms with van der Waals surface area (Å²) in [6.45, 7) is 6.61. The summed E-state index contributed by atoms with van der Waals surface area (Å²) in [6, 6.07) is 13.1. The zero-order chi connectivity index (χ0) is 25.3. The second kappa shape index (κ2) is 10.0. The van der Waals surface area contributed by atoms with Gasteiger partial charge in [0.2, 0.25) is 0 Å². The number of halogens is 1. The predicted octanol–water partition coefficient (Wildman–Crippen LogP) is 3.77. The number of carbonyl (C=O) groups is 2. The first-order chi connectivity index (χ1) is 16.6. The van der Waals surface area contributed by atoms with Crippen LogP contribution in [-0.4, -0.2) is 22.6 Å². The lowest BCUT2D eigenvalue weighted by Gasteiger charge is -2.25. The molecule has 0 saturated carbocycles. The van der Waals surface area contributed by atoms with Crippen LogP contribution in [-0.2, 0) is 14.3 Å². The zero-order valence-corrected chi connectivity index (χ0v) is 21.1. The minimum atomic E-state index is -0.705. The fraction of sp³-hybridized carbons (Fsp3) is 0.231. The van der Waals surface area contributed by atoms with E-state index >= 15 is 0 Å². The van der Waals surface area contributed by atoms with Crippen LogP contribution in [0.3, 0.4) is 0 Å². The first-order valence-corrected chi connectivity index (χ1v) is 12.1. The van der Waals surface area contributed by atoms with Gasteiger partial charge in [0, 0.05) is 11.9 Å². The molecular weight excluding hydrogens is 488 g/mol. The van der Waals surface area contributed by atoms with Gasteiger partial charge in [0.1, 0.15) is 5.75 Å². The van der Waals surface area contributed by atoms with Gasteiger partial charge >= 0.3 is 11.9 Å². The Labute approximate surface area is 210 Å². The maximum absolute atomic E-state index is 13.6. The third-order valence-corrected chi connectivity index (χ3v) is 6.44. The number of fused-ring (bicyclic) bond motifs is 1. The average molecular weight is 511 g/mol. The van der Waals surface area contributed by atoms with Crippen molar-refractivity contribution in [3.05, 3.63) is 95.6 Å². The van der Waals surface area contributed by atoms with Crippen LogP contribution in [0.15, 0.2) is 69.6 Å². The molecule has 0 bridgehead atoms. The van der Waals surface area contributed by atoms with Crippen molar-refractivity contribution in [2.75, 3.05) is 0 Å². The summed E-state index contributed by atoms with van der Waals surface area (Å²) in [5.74, 6) is -0.505. The molecule has 1 atom stereocenters. The number of allylic oxidation sites excluding steroid dienone is 1. The fourth-order valence-corrected chi connectivity index (χ4v) is 4.94. The van der Waals surface area contributed by atoms with Gasteiger partial charge in [-0.05, 0) is 62.2 Å². The van der Waals surface area contributed by atoms with E-state index < -0.39 is 18.0 Å². The van der Waals surface area contributed by atoms with Gasteiger partial charge in [-0.2, -0.15) is 0 Å². The quantitative estimate of drug-likeness (QED) is 0.385. The summed E-state index contributed by atoms with van der Waals surface area (Å²) in [6.07, 6.45) is 1.42. The lowest BCUT2D eigenvalue weighted by atomic mass is 9.96. The van der Waals surface area contributed by atoms with Crippen LogP contribution < -0.4 is 19.6 Å². The Morgan fingerprint density at radius 2 is 1.77 bits per heavy atom. The van der Waals surface area contributed by atoms with Gasteiger partial charge in [-0.15, -0.1) is 0 Å². The van der Waals surface area contributed by atoms with Gasteiger partial charge in [0.15, 0.2) is 4.80 Å². The van der Waals surface area contributed by atoms with E-state index in [4.69, 9.17) is 21.1 Å². The molecule has 0 aliphatic carbocycles. The second-order valence-electron chi connectivity index (χ2n) is 8.25. The number of ether oxygens (including phenoxy) is 2. The number of carbonyl (C=O) groups excluding carboxylic acids is 2. The van der Waals surface area contributed by atoms with Gasteiger partial charge < -0.3 is 9.47 Å². The van der Waals surface area contributed by atoms with Crippen molar-refractivity contribution in [1.29, 1.82) is 0 Å². The Kier molecular flexibility index (Phi) is 7.05. The van der Waals surface area contributed by atoms with E-state index in [1.807, 2.05) is 0 Å². The van der Waals surface area contributed by atoms with Crippen LogP contribution in [0.4, 0.5) is 0 Å². The molecule has 3 aromatic rings. The van der Waals surface area contributed by atoms with Gasteiger partial charge in [0.25, 0.3) is 5.56 Å². The number of aromatic nitrogens is 1. The van der Waals surface area contributed by atoms with Crippen LogP contribution in [0.5, 0.6) is 5.75 Å². The minimum absolute atomic E-state index is 0.278. The molecule has 0 unspecified atom stereocenters. The molecule has 0 amide bonds. The second-order valence-corrected chi connectivity index (χ2v) is 9.70. The summed E-state index contributed by atoms with van der Waals surface area (Å²) in [5.41, 5.74) is 2.00. The summed E-state index contributed by atoms with van der Waals surface area (Å²) in [7, 11) is 0. The number of thiazole rings is 1. The van der Waals surface area contributed by atoms with Crippen LogP contribution in [0.2, 0.25) is 5.02 Å². The molecule has 7 nitrogen and oxygen atoms in total. The number of rotatable bonds is 5. The predicted molar refractivity (Wildman–Crippen MR) is 134 cm³/mol. The smallest absolute Gasteiger partial charge is 0.338 e. The van der Waals surface area contributed by atoms with Crippen LogP contribution in [0.1, 0.15) is 44.9 Å². The maximum Gasteiger partial charge on any atom is 0.338 e. The SMILES string of the molecule is CC(=O)Oc1ccc(C=c2sc3n(c2=O)[C@H](c2ccc(Cl)cc2)C(C(=O)OC(C)C)=C(C)N=3)cc1. The van der Waals surface area contributed by atoms with Crippen LogP contribution in [0.25, 0.3) is 6.08 Å². The highest BCUT2D eigenvalue weighted by Crippen LogP contribution is 2.31. The molecule has 2 heterocycles. The number of nitrogens with zero attached hydrogens (tertiary/aromatic N) is 2. The molecule has 0 spiro atoms. The molecule has 0 radical (unpaired) electrons. The first kappa shape index (κ1) is 24.6. The van der Waals surface area contributed by atoms with Gasteiger partial charge in [0.05, 0.1) is 27.9 Å². The molecule has 1 aliphatic heterocycles. The maximum atomic E-state index is 13.6. The van der Waals surface area contributed by atoms with E-state index in [1.165, 1.54) is 22.8 Å². The molecule has 180 valence electrons. The molecule has 0 N–H and O–H groups in total. The molecule has 35 heavy (non-hydrogen) atoms. The molecular formula is C26H23ClN2O5S. The molecule has 0 fully saturated rings. The molecule has 1 aliphatic rings. The molecule has 9 heteroatoms. The van der Waals surface area contributed by atoms with E-state index in [0.29, 0.717) is 31.4 Å². The van der Waals surface area contributed by atoms with Crippen molar-refractivity contribution in [3.63, 3.8) is 0 Å². The summed E-state index contributed by atoms with van der Waals surface area (Å²) < 4.78 is 12.5. The standard InChI is InChI=1S/C26H23ClN2O5S/c1-14(2)33-25(32)22-15(3)28-26-29(23(22)18-7-9-19(27)10-8-18)24(31)21(35-26)13-17-5-11-20(12-6-17)34-16(4)30/h5-14,23H,1-4H3/t23-/m1/s1. The molecule has 4 rings (SSSR count). The monoisotopic (exact) mass is 510 g/mol. The summed E-state index contributed by atoms with van der Waals surface area (Å²) in [4.78, 5) is 42.9. The van der Waals surface area contributed by atoms with Gasteiger partial charge in [-0.25, -0.2) is 9.79 Å². The number of hydrogen-bond donors (Lipinski definition) is 0. The van der Waals surface area contributed by atoms with Crippen molar-refractivity contribution in [2.45, 2.75) is 39.8 Å². The Morgan fingerprint density at radius 3 is 2.37 bits per heavy atom. The molecule has 1 aromatic heterocycles. The highest BCUT2D eigenvalue weighted by atomic mass is 35.5. The van der Waals surface area contributed by atoms with E-state index in [2.05, 4.69) is 4.99 Å². The lowest BCUT2D eigenvalue weighted by Crippen LogP contribution is -2.40. The summed E-state index contributed by atoms with van der Waals surface area (Å²) in [5, 5.41) is 0.547. The highest BCUT2D eigenvalue weighted by molar-refractivity contribution is 7.07. The molecule has 0 saturated heterocycles. The van der Waals surface area contributed by atoms with Crippen molar-refractivity contribution in [1.82, 2.24) is 4.57 Å². The Bertz CT molecular complexity index is 1500. The highest BCUT2D eigenvalue weighted by Gasteiger charge is 2.33. The third kappa shape index (κ3) is 5.28. The van der Waals surface area contributed by atoms with Crippen molar-refractivity contribution < 1.29 is 19.1 Å². The van der Waals surface area contributed by atoms with Crippen molar-refractivity contribution in [3.8, 4) is 5.75 Å². The number of benzene rings is 2. The fourth-order valence-electron chi connectivity index (χ4n) is 3.77. The summed E-state index contributed by atoms with van der Waals surface area (Å²) >= 11 is 7.33. The minimum Gasteiger partial charge on any atom is -0.459 e. The normalized spacial score (nSPS) is 15.6. The number of hydrogen-bond acceptors (Lipinski definition) is 7. The van der Waals surface area contributed by atoms with Crippen molar-refractivity contribution in [2.24, 2.45) is 4.99 Å².